The minimum atomic E-state index is -0.320. The second kappa shape index (κ2) is 8.70. The van der Waals surface area contributed by atoms with E-state index in [2.05, 4.69) is 10.6 Å². The van der Waals surface area contributed by atoms with Crippen LogP contribution < -0.4 is 15.4 Å². The maximum absolute atomic E-state index is 12.7. The summed E-state index contributed by atoms with van der Waals surface area (Å²) in [5.41, 5.74) is 1.55. The number of ether oxygens (including phenoxy) is 1. The van der Waals surface area contributed by atoms with Crippen molar-refractivity contribution >= 4 is 40.4 Å². The number of hydrogen-bond donors (Lipinski definition) is 2. The number of thiophene rings is 1. The topological polar surface area (TPSA) is 67.4 Å². The lowest BCUT2D eigenvalue weighted by Crippen LogP contribution is -2.25. The summed E-state index contributed by atoms with van der Waals surface area (Å²) in [4.78, 5) is 25.6. The molecule has 0 atom stereocenters. The summed E-state index contributed by atoms with van der Waals surface area (Å²) < 4.78 is 5.29. The number of carbonyl (C=O) groups excluding carboxylic acids is 2. The average molecular weight is 401 g/mol. The molecule has 0 unspecified atom stereocenters. The zero-order chi connectivity index (χ0) is 19.2. The minimum absolute atomic E-state index is 0.286. The van der Waals surface area contributed by atoms with Crippen LogP contribution in [0.5, 0.6) is 5.75 Å². The van der Waals surface area contributed by atoms with Crippen molar-refractivity contribution in [1.29, 1.82) is 0 Å². The molecule has 0 bridgehead atoms. The van der Waals surface area contributed by atoms with Gasteiger partial charge in [0.05, 0.1) is 23.2 Å². The number of anilines is 1. The monoisotopic (exact) mass is 400 g/mol. The van der Waals surface area contributed by atoms with Gasteiger partial charge in [0.1, 0.15) is 5.75 Å². The number of para-hydroxylation sites is 1. The Kier molecular flexibility index (Phi) is 6.11. The molecular formula is C20H17ClN2O3S. The molecule has 0 aliphatic rings. The molecule has 7 heteroatoms. The Balaban J connectivity index is 1.77. The van der Waals surface area contributed by atoms with Crippen molar-refractivity contribution in [3.05, 3.63) is 81.0 Å². The predicted molar refractivity (Wildman–Crippen MR) is 108 cm³/mol. The average Bonchev–Trinajstić information content (AvgIpc) is 3.21. The van der Waals surface area contributed by atoms with Crippen LogP contribution in [0.25, 0.3) is 0 Å². The Morgan fingerprint density at radius 2 is 1.89 bits per heavy atom. The Bertz CT molecular complexity index is 958. The number of carbonyl (C=O) groups is 2. The maximum Gasteiger partial charge on any atom is 0.265 e. The van der Waals surface area contributed by atoms with Crippen LogP contribution in [-0.4, -0.2) is 18.9 Å². The normalized spacial score (nSPS) is 10.3. The third-order valence-corrected chi connectivity index (χ3v) is 4.96. The predicted octanol–water partition coefficient (Wildman–Crippen LogP) is 4.59. The van der Waals surface area contributed by atoms with Crippen LogP contribution in [0.4, 0.5) is 5.69 Å². The highest BCUT2D eigenvalue weighted by Gasteiger charge is 2.16. The number of hydrogen-bond acceptors (Lipinski definition) is 4. The molecule has 2 amide bonds. The van der Waals surface area contributed by atoms with E-state index in [1.54, 1.807) is 37.4 Å². The Morgan fingerprint density at radius 3 is 2.63 bits per heavy atom. The molecule has 0 saturated carbocycles. The van der Waals surface area contributed by atoms with Gasteiger partial charge in [-0.05, 0) is 35.7 Å². The van der Waals surface area contributed by atoms with Crippen LogP contribution in [0.15, 0.2) is 60.0 Å². The SMILES string of the molecule is COc1ccccc1CNC(=O)c1ccc(Cl)cc1NC(=O)c1cccs1. The number of methoxy groups -OCH3 is 1. The maximum atomic E-state index is 12.7. The van der Waals surface area contributed by atoms with Crippen LogP contribution in [0, 0.1) is 0 Å². The van der Waals surface area contributed by atoms with Crippen LogP contribution >= 0.6 is 22.9 Å². The van der Waals surface area contributed by atoms with Gasteiger partial charge in [-0.2, -0.15) is 0 Å². The second-order valence-electron chi connectivity index (χ2n) is 5.62. The number of benzene rings is 2. The van der Waals surface area contributed by atoms with E-state index in [1.807, 2.05) is 29.6 Å². The molecule has 0 spiro atoms. The van der Waals surface area contributed by atoms with Crippen molar-refractivity contribution in [2.75, 3.05) is 12.4 Å². The molecular weight excluding hydrogens is 384 g/mol. The summed E-state index contributed by atoms with van der Waals surface area (Å²) in [6.07, 6.45) is 0. The van der Waals surface area contributed by atoms with E-state index in [9.17, 15) is 9.59 Å². The lowest BCUT2D eigenvalue weighted by Gasteiger charge is -2.13. The van der Waals surface area contributed by atoms with Gasteiger partial charge in [0.2, 0.25) is 0 Å². The van der Waals surface area contributed by atoms with Crippen molar-refractivity contribution in [3.63, 3.8) is 0 Å². The van der Waals surface area contributed by atoms with E-state index in [4.69, 9.17) is 16.3 Å². The molecule has 0 fully saturated rings. The van der Waals surface area contributed by atoms with E-state index in [1.165, 1.54) is 11.3 Å². The smallest absolute Gasteiger partial charge is 0.265 e. The molecule has 0 aliphatic carbocycles. The molecule has 1 aromatic heterocycles. The molecule has 3 aromatic rings. The van der Waals surface area contributed by atoms with Gasteiger partial charge >= 0.3 is 0 Å². The van der Waals surface area contributed by atoms with E-state index in [-0.39, 0.29) is 11.8 Å². The molecule has 0 aliphatic heterocycles. The molecule has 2 N–H and O–H groups in total. The highest BCUT2D eigenvalue weighted by Crippen LogP contribution is 2.23. The van der Waals surface area contributed by atoms with Gasteiger partial charge in [-0.1, -0.05) is 35.9 Å². The summed E-state index contributed by atoms with van der Waals surface area (Å²) in [6, 6.07) is 15.7. The van der Waals surface area contributed by atoms with Gasteiger partial charge in [0, 0.05) is 17.1 Å². The lowest BCUT2D eigenvalue weighted by atomic mass is 10.1. The number of rotatable bonds is 6. The molecule has 27 heavy (non-hydrogen) atoms. The number of amides is 2. The van der Waals surface area contributed by atoms with E-state index in [0.717, 1.165) is 5.56 Å². The largest absolute Gasteiger partial charge is 0.496 e. The van der Waals surface area contributed by atoms with Crippen molar-refractivity contribution in [3.8, 4) is 5.75 Å². The van der Waals surface area contributed by atoms with Crippen molar-refractivity contribution in [2.24, 2.45) is 0 Å². The van der Waals surface area contributed by atoms with E-state index in [0.29, 0.717) is 33.4 Å². The first kappa shape index (κ1) is 18.9. The van der Waals surface area contributed by atoms with Gasteiger partial charge in [-0.3, -0.25) is 9.59 Å². The van der Waals surface area contributed by atoms with Gasteiger partial charge in [0.25, 0.3) is 11.8 Å². The third-order valence-electron chi connectivity index (χ3n) is 3.85. The molecule has 1 heterocycles. The van der Waals surface area contributed by atoms with Gasteiger partial charge in [-0.15, -0.1) is 11.3 Å². The molecule has 5 nitrogen and oxygen atoms in total. The van der Waals surface area contributed by atoms with Gasteiger partial charge in [-0.25, -0.2) is 0 Å². The van der Waals surface area contributed by atoms with Crippen LogP contribution in [0.2, 0.25) is 5.02 Å². The van der Waals surface area contributed by atoms with Crippen molar-refractivity contribution in [1.82, 2.24) is 5.32 Å². The standard InChI is InChI=1S/C20H17ClN2O3S/c1-26-17-6-3-2-5-13(17)12-22-19(24)15-9-8-14(21)11-16(15)23-20(25)18-7-4-10-27-18/h2-11H,12H2,1H3,(H,22,24)(H,23,25). The van der Waals surface area contributed by atoms with Gasteiger partial charge in [0.15, 0.2) is 0 Å². The third kappa shape index (κ3) is 4.67. The Morgan fingerprint density at radius 1 is 1.07 bits per heavy atom. The molecule has 0 saturated heterocycles. The highest BCUT2D eigenvalue weighted by molar-refractivity contribution is 7.12. The summed E-state index contributed by atoms with van der Waals surface area (Å²) in [5.74, 6) is 0.0882. The fourth-order valence-corrected chi connectivity index (χ4v) is 3.32. The van der Waals surface area contributed by atoms with E-state index < -0.39 is 0 Å². The van der Waals surface area contributed by atoms with Crippen LogP contribution in [0.1, 0.15) is 25.6 Å². The Hall–Kier alpha value is -2.83. The first-order valence-corrected chi connectivity index (χ1v) is 9.38. The summed E-state index contributed by atoms with van der Waals surface area (Å²) in [6.45, 7) is 0.295. The van der Waals surface area contributed by atoms with Crippen LogP contribution in [0.3, 0.4) is 0 Å². The van der Waals surface area contributed by atoms with E-state index >= 15 is 0 Å². The first-order valence-electron chi connectivity index (χ1n) is 8.13. The van der Waals surface area contributed by atoms with Crippen molar-refractivity contribution < 1.29 is 14.3 Å². The van der Waals surface area contributed by atoms with Crippen molar-refractivity contribution in [2.45, 2.75) is 6.54 Å². The Labute approximate surface area is 165 Å². The summed E-state index contributed by atoms with van der Waals surface area (Å²) in [7, 11) is 1.58. The fraction of sp³-hybridized carbons (Fsp3) is 0.100. The van der Waals surface area contributed by atoms with Gasteiger partial charge < -0.3 is 15.4 Å². The first-order chi connectivity index (χ1) is 13.1. The summed E-state index contributed by atoms with van der Waals surface area (Å²) in [5, 5.41) is 7.85. The van der Waals surface area contributed by atoms with Crippen LogP contribution in [-0.2, 0) is 6.54 Å². The zero-order valence-electron chi connectivity index (χ0n) is 14.5. The molecule has 2 aromatic carbocycles. The quantitative estimate of drug-likeness (QED) is 0.635. The summed E-state index contributed by atoms with van der Waals surface area (Å²) >= 11 is 7.37. The number of nitrogens with one attached hydrogen (secondary N) is 2. The lowest BCUT2D eigenvalue weighted by molar-refractivity contribution is 0.0951. The molecule has 0 radical (unpaired) electrons. The molecule has 3 rings (SSSR count). The molecule has 138 valence electrons. The minimum Gasteiger partial charge on any atom is -0.496 e. The number of halogens is 1. The highest BCUT2D eigenvalue weighted by atomic mass is 35.5. The second-order valence-corrected chi connectivity index (χ2v) is 7.00. The fourth-order valence-electron chi connectivity index (χ4n) is 2.53. The zero-order valence-corrected chi connectivity index (χ0v) is 16.1.